The molecule has 4 heteroatoms. The number of carbonyl (C=O) groups excluding carboxylic acids is 1. The number of anilines is 2. The van der Waals surface area contributed by atoms with Crippen LogP contribution in [0.2, 0.25) is 0 Å². The number of nitrogens with zero attached hydrogens (tertiary/aromatic N) is 2. The number of benzene rings is 2. The summed E-state index contributed by atoms with van der Waals surface area (Å²) in [6.07, 6.45) is 0. The minimum Gasteiger partial charge on any atom is -0.372 e. The number of hydrogen-bond donors (Lipinski definition) is 1. The first-order valence-electron chi connectivity index (χ1n) is 9.07. The van der Waals surface area contributed by atoms with Crippen LogP contribution in [0.5, 0.6) is 0 Å². The maximum Gasteiger partial charge on any atom is 0.238 e. The van der Waals surface area contributed by atoms with Gasteiger partial charge in [-0.25, -0.2) is 0 Å². The van der Waals surface area contributed by atoms with Crippen LogP contribution in [0.1, 0.15) is 26.3 Å². The number of rotatable bonds is 9. The maximum absolute atomic E-state index is 12.3. The molecule has 0 aliphatic carbocycles. The fourth-order valence-corrected chi connectivity index (χ4v) is 2.87. The van der Waals surface area contributed by atoms with Gasteiger partial charge in [0.1, 0.15) is 0 Å². The molecule has 0 aliphatic rings. The van der Waals surface area contributed by atoms with Crippen LogP contribution >= 0.6 is 0 Å². The van der Waals surface area contributed by atoms with E-state index in [-0.39, 0.29) is 5.91 Å². The predicted molar refractivity (Wildman–Crippen MR) is 106 cm³/mol. The van der Waals surface area contributed by atoms with Gasteiger partial charge in [-0.1, -0.05) is 37.3 Å². The lowest BCUT2D eigenvalue weighted by Crippen LogP contribution is -2.32. The van der Waals surface area contributed by atoms with Crippen LogP contribution in [0.4, 0.5) is 11.4 Å². The van der Waals surface area contributed by atoms with Gasteiger partial charge in [0.05, 0.1) is 6.54 Å². The zero-order valence-corrected chi connectivity index (χ0v) is 15.5. The average molecular weight is 339 g/mol. The second-order valence-electron chi connectivity index (χ2n) is 6.06. The molecule has 0 fully saturated rings. The second-order valence-corrected chi connectivity index (χ2v) is 6.06. The number of likely N-dealkylation sites (N-methyl/N-ethyl adjacent to an activating group) is 1. The average Bonchev–Trinajstić information content (AvgIpc) is 2.64. The Morgan fingerprint density at radius 3 is 2.08 bits per heavy atom. The first-order chi connectivity index (χ1) is 12.2. The van der Waals surface area contributed by atoms with Crippen molar-refractivity contribution in [2.75, 3.05) is 36.4 Å². The van der Waals surface area contributed by atoms with Crippen molar-refractivity contribution < 1.29 is 4.79 Å². The first kappa shape index (κ1) is 19.0. The number of nitrogens with one attached hydrogen (secondary N) is 1. The summed E-state index contributed by atoms with van der Waals surface area (Å²) >= 11 is 0. The van der Waals surface area contributed by atoms with Gasteiger partial charge in [0.2, 0.25) is 5.91 Å². The van der Waals surface area contributed by atoms with Crippen molar-refractivity contribution in [3.05, 3.63) is 60.2 Å². The summed E-state index contributed by atoms with van der Waals surface area (Å²) in [6.45, 7) is 10.3. The van der Waals surface area contributed by atoms with E-state index < -0.39 is 0 Å². The van der Waals surface area contributed by atoms with Gasteiger partial charge in [0.25, 0.3) is 0 Å². The summed E-state index contributed by atoms with van der Waals surface area (Å²) in [5.74, 6) is 0.0216. The highest BCUT2D eigenvalue weighted by atomic mass is 16.2. The molecule has 0 unspecified atom stereocenters. The van der Waals surface area contributed by atoms with Crippen molar-refractivity contribution in [1.29, 1.82) is 0 Å². The molecule has 0 aliphatic heterocycles. The Bertz CT molecular complexity index is 636. The van der Waals surface area contributed by atoms with E-state index in [0.29, 0.717) is 6.54 Å². The molecule has 2 rings (SSSR count). The van der Waals surface area contributed by atoms with Gasteiger partial charge in [0, 0.05) is 31.0 Å². The maximum atomic E-state index is 12.3. The number of carbonyl (C=O) groups is 1. The normalized spacial score (nSPS) is 10.7. The third-order valence-corrected chi connectivity index (χ3v) is 4.34. The van der Waals surface area contributed by atoms with Crippen molar-refractivity contribution in [2.45, 2.75) is 27.3 Å². The fraction of sp³-hybridized carbons (Fsp3) is 0.381. The SMILES string of the molecule is CCN(CC(=O)Nc1ccc(N(CC)CC)cc1)Cc1ccccc1. The lowest BCUT2D eigenvalue weighted by molar-refractivity contribution is -0.117. The number of amides is 1. The summed E-state index contributed by atoms with van der Waals surface area (Å²) in [6, 6.07) is 18.3. The molecule has 134 valence electrons. The fourth-order valence-electron chi connectivity index (χ4n) is 2.87. The zero-order valence-electron chi connectivity index (χ0n) is 15.5. The van der Waals surface area contributed by atoms with E-state index in [0.717, 1.165) is 31.9 Å². The summed E-state index contributed by atoms with van der Waals surface area (Å²) in [4.78, 5) is 16.8. The Hall–Kier alpha value is -2.33. The highest BCUT2D eigenvalue weighted by Crippen LogP contribution is 2.17. The Kier molecular flexibility index (Phi) is 7.48. The van der Waals surface area contributed by atoms with Gasteiger partial charge in [-0.05, 0) is 50.2 Å². The van der Waals surface area contributed by atoms with Crippen LogP contribution < -0.4 is 10.2 Å². The van der Waals surface area contributed by atoms with E-state index in [9.17, 15) is 4.79 Å². The smallest absolute Gasteiger partial charge is 0.238 e. The Balaban J connectivity index is 1.90. The van der Waals surface area contributed by atoms with Crippen molar-refractivity contribution in [3.8, 4) is 0 Å². The second kappa shape index (κ2) is 9.84. The minimum atomic E-state index is 0.0216. The van der Waals surface area contributed by atoms with Gasteiger partial charge >= 0.3 is 0 Å². The van der Waals surface area contributed by atoms with E-state index in [1.807, 2.05) is 30.3 Å². The van der Waals surface area contributed by atoms with Crippen LogP contribution in [-0.2, 0) is 11.3 Å². The van der Waals surface area contributed by atoms with E-state index >= 15 is 0 Å². The van der Waals surface area contributed by atoms with Crippen LogP contribution in [0.15, 0.2) is 54.6 Å². The summed E-state index contributed by atoms with van der Waals surface area (Å²) in [5, 5.41) is 3.00. The Labute approximate surface area is 151 Å². The molecule has 1 amide bonds. The highest BCUT2D eigenvalue weighted by molar-refractivity contribution is 5.92. The molecule has 0 heterocycles. The summed E-state index contributed by atoms with van der Waals surface area (Å²) in [7, 11) is 0. The number of hydrogen-bond acceptors (Lipinski definition) is 3. The summed E-state index contributed by atoms with van der Waals surface area (Å²) < 4.78 is 0. The topological polar surface area (TPSA) is 35.6 Å². The van der Waals surface area contributed by atoms with Gasteiger partial charge < -0.3 is 10.2 Å². The van der Waals surface area contributed by atoms with E-state index in [4.69, 9.17) is 0 Å². The van der Waals surface area contributed by atoms with E-state index in [2.05, 4.69) is 60.2 Å². The molecule has 0 atom stereocenters. The first-order valence-corrected chi connectivity index (χ1v) is 9.07. The summed E-state index contributed by atoms with van der Waals surface area (Å²) in [5.41, 5.74) is 3.25. The van der Waals surface area contributed by atoms with E-state index in [1.54, 1.807) is 0 Å². The van der Waals surface area contributed by atoms with Crippen LogP contribution in [0, 0.1) is 0 Å². The lowest BCUT2D eigenvalue weighted by atomic mass is 10.2. The van der Waals surface area contributed by atoms with Gasteiger partial charge in [-0.15, -0.1) is 0 Å². The molecule has 25 heavy (non-hydrogen) atoms. The molecule has 0 saturated carbocycles. The van der Waals surface area contributed by atoms with Crippen molar-refractivity contribution in [3.63, 3.8) is 0 Å². The monoisotopic (exact) mass is 339 g/mol. The minimum absolute atomic E-state index is 0.0216. The zero-order chi connectivity index (χ0) is 18.1. The third kappa shape index (κ3) is 5.91. The Morgan fingerprint density at radius 2 is 1.52 bits per heavy atom. The molecular weight excluding hydrogens is 310 g/mol. The van der Waals surface area contributed by atoms with Gasteiger partial charge in [0.15, 0.2) is 0 Å². The van der Waals surface area contributed by atoms with Crippen LogP contribution in [-0.4, -0.2) is 37.0 Å². The Morgan fingerprint density at radius 1 is 0.880 bits per heavy atom. The quantitative estimate of drug-likeness (QED) is 0.750. The van der Waals surface area contributed by atoms with Gasteiger partial charge in [-0.3, -0.25) is 9.69 Å². The van der Waals surface area contributed by atoms with E-state index in [1.165, 1.54) is 11.3 Å². The predicted octanol–water partition coefficient (Wildman–Crippen LogP) is 3.99. The van der Waals surface area contributed by atoms with Gasteiger partial charge in [-0.2, -0.15) is 0 Å². The highest BCUT2D eigenvalue weighted by Gasteiger charge is 2.10. The standard InChI is InChI=1S/C21H29N3O/c1-4-23(16-18-10-8-7-9-11-18)17-21(25)22-19-12-14-20(15-13-19)24(5-2)6-3/h7-15H,4-6,16-17H2,1-3H3,(H,22,25). The largest absolute Gasteiger partial charge is 0.372 e. The molecule has 0 radical (unpaired) electrons. The van der Waals surface area contributed by atoms with Crippen molar-refractivity contribution in [1.82, 2.24) is 4.90 Å². The van der Waals surface area contributed by atoms with Crippen molar-refractivity contribution >= 4 is 17.3 Å². The lowest BCUT2D eigenvalue weighted by Gasteiger charge is -2.22. The molecule has 0 spiro atoms. The molecule has 0 saturated heterocycles. The molecule has 2 aromatic carbocycles. The van der Waals surface area contributed by atoms with Crippen LogP contribution in [0.25, 0.3) is 0 Å². The molecule has 2 aromatic rings. The molecule has 0 bridgehead atoms. The third-order valence-electron chi connectivity index (χ3n) is 4.34. The van der Waals surface area contributed by atoms with Crippen molar-refractivity contribution in [2.24, 2.45) is 0 Å². The van der Waals surface area contributed by atoms with Crippen LogP contribution in [0.3, 0.4) is 0 Å². The molecule has 1 N–H and O–H groups in total. The molecule has 4 nitrogen and oxygen atoms in total. The molecule has 0 aromatic heterocycles. The molecular formula is C21H29N3O.